The maximum absolute atomic E-state index is 5.40. The quantitative estimate of drug-likeness (QED) is 0.548. The van der Waals surface area contributed by atoms with Crippen LogP contribution in [0.4, 0.5) is 0 Å². The highest BCUT2D eigenvalue weighted by Crippen LogP contribution is 1.93. The minimum absolute atomic E-state index is 0.980. The van der Waals surface area contributed by atoms with Crippen molar-refractivity contribution in [2.45, 2.75) is 26.7 Å². The molecule has 0 aromatic heterocycles. The van der Waals surface area contributed by atoms with Gasteiger partial charge in [0.15, 0.2) is 0 Å². The van der Waals surface area contributed by atoms with Crippen LogP contribution in [0.2, 0.25) is 0 Å². The van der Waals surface area contributed by atoms with E-state index in [1.807, 2.05) is 24.2 Å². The second kappa shape index (κ2) is 6.58. The highest BCUT2D eigenvalue weighted by atomic mass is 16.8. The van der Waals surface area contributed by atoms with Crippen molar-refractivity contribution in [3.63, 3.8) is 0 Å². The highest BCUT2D eigenvalue weighted by molar-refractivity contribution is 4.34. The van der Waals surface area contributed by atoms with Crippen LogP contribution in [0.15, 0.2) is 0 Å². The van der Waals surface area contributed by atoms with E-state index in [1.54, 1.807) is 0 Å². The fraction of sp³-hybridized carbons (Fsp3) is 1.00. The molecule has 0 aromatic carbocycles. The molecule has 0 atom stereocenters. The third kappa shape index (κ3) is 6.28. The van der Waals surface area contributed by atoms with Crippen LogP contribution < -0.4 is 0 Å². The fourth-order valence-electron chi connectivity index (χ4n) is 0.949. The molecule has 0 heterocycles. The maximum atomic E-state index is 5.40. The average molecular weight is 160 g/mol. The third-order valence-electron chi connectivity index (χ3n) is 1.36. The normalized spacial score (nSPS) is 11.5. The smallest absolute Gasteiger partial charge is 0.0254 e. The second-order valence-electron chi connectivity index (χ2n) is 2.78. The first-order valence-electron chi connectivity index (χ1n) is 4.31. The summed E-state index contributed by atoms with van der Waals surface area (Å²) in [5.74, 6) is 0. The van der Waals surface area contributed by atoms with Gasteiger partial charge < -0.3 is 0 Å². The molecule has 0 aromatic rings. The molecule has 0 aliphatic heterocycles. The first-order valence-corrected chi connectivity index (χ1v) is 4.31. The number of hydrogen-bond donors (Lipinski definition) is 0. The summed E-state index contributed by atoms with van der Waals surface area (Å²) in [6.45, 7) is 6.24. The van der Waals surface area contributed by atoms with Crippen molar-refractivity contribution >= 4 is 0 Å². The van der Waals surface area contributed by atoms with E-state index in [2.05, 4.69) is 13.8 Å². The molecule has 11 heavy (non-hydrogen) atoms. The van der Waals surface area contributed by atoms with Gasteiger partial charge in [-0.2, -0.15) is 10.1 Å². The zero-order chi connectivity index (χ0) is 8.69. The van der Waals surface area contributed by atoms with Gasteiger partial charge in [-0.3, -0.25) is 0 Å². The van der Waals surface area contributed by atoms with Crippen LogP contribution in [0.5, 0.6) is 0 Å². The molecule has 0 bridgehead atoms. The zero-order valence-electron chi connectivity index (χ0n) is 8.13. The van der Waals surface area contributed by atoms with E-state index in [9.17, 15) is 0 Å². The molecule has 0 rings (SSSR count). The summed E-state index contributed by atoms with van der Waals surface area (Å²) in [6.07, 6.45) is 2.24. The minimum Gasteiger partial charge on any atom is -0.209 e. The Kier molecular flexibility index (Phi) is 6.51. The molecule has 0 N–H and O–H groups in total. The van der Waals surface area contributed by atoms with Gasteiger partial charge in [0, 0.05) is 27.2 Å². The molecule has 0 fully saturated rings. The van der Waals surface area contributed by atoms with Gasteiger partial charge >= 0.3 is 0 Å². The minimum atomic E-state index is 0.980. The Hall–Kier alpha value is -0.120. The average Bonchev–Trinajstić information content (AvgIpc) is 1.87. The topological polar surface area (TPSA) is 15.7 Å². The Morgan fingerprint density at radius 2 is 1.27 bits per heavy atom. The van der Waals surface area contributed by atoms with Crippen LogP contribution >= 0.6 is 0 Å². The summed E-state index contributed by atoms with van der Waals surface area (Å²) in [5.41, 5.74) is 0. The lowest BCUT2D eigenvalue weighted by Gasteiger charge is -2.22. The molecule has 0 amide bonds. The molecule has 0 spiro atoms. The Labute approximate surface area is 69.8 Å². The predicted molar refractivity (Wildman–Crippen MR) is 46.9 cm³/mol. The van der Waals surface area contributed by atoms with Crippen LogP contribution in [0.25, 0.3) is 0 Å². The van der Waals surface area contributed by atoms with Crippen molar-refractivity contribution < 1.29 is 4.94 Å². The van der Waals surface area contributed by atoms with E-state index in [0.29, 0.717) is 0 Å². The molecule has 0 saturated heterocycles. The van der Waals surface area contributed by atoms with E-state index in [4.69, 9.17) is 4.94 Å². The van der Waals surface area contributed by atoms with Crippen LogP contribution in [0.1, 0.15) is 26.7 Å². The van der Waals surface area contributed by atoms with Crippen LogP contribution in [0.3, 0.4) is 0 Å². The van der Waals surface area contributed by atoms with Gasteiger partial charge in [-0.15, -0.1) is 0 Å². The Morgan fingerprint density at radius 1 is 0.909 bits per heavy atom. The molecular formula is C8H20N2O. The van der Waals surface area contributed by atoms with Crippen LogP contribution in [-0.2, 0) is 4.94 Å². The van der Waals surface area contributed by atoms with E-state index in [-0.39, 0.29) is 0 Å². The summed E-state index contributed by atoms with van der Waals surface area (Å²) >= 11 is 0. The lowest BCUT2D eigenvalue weighted by atomic mass is 10.5. The van der Waals surface area contributed by atoms with Gasteiger partial charge in [-0.1, -0.05) is 13.8 Å². The Morgan fingerprint density at radius 3 is 1.55 bits per heavy atom. The summed E-state index contributed by atoms with van der Waals surface area (Å²) in [6, 6.07) is 0. The van der Waals surface area contributed by atoms with Gasteiger partial charge in [0.05, 0.1) is 0 Å². The molecule has 68 valence electrons. The monoisotopic (exact) mass is 160 g/mol. The molecule has 0 unspecified atom stereocenters. The van der Waals surface area contributed by atoms with Gasteiger partial charge in [-0.05, 0) is 12.8 Å². The highest BCUT2D eigenvalue weighted by Gasteiger charge is 2.00. The van der Waals surface area contributed by atoms with E-state index in [0.717, 1.165) is 25.9 Å². The standard InChI is InChI=1S/C8H20N2O/c1-5-7-9(3)11-10(4)8-6-2/h5-8H2,1-4H3. The van der Waals surface area contributed by atoms with Gasteiger partial charge in [0.2, 0.25) is 0 Å². The van der Waals surface area contributed by atoms with Crippen molar-refractivity contribution in [1.82, 2.24) is 10.1 Å². The summed E-state index contributed by atoms with van der Waals surface area (Å²) in [5, 5.41) is 3.71. The second-order valence-corrected chi connectivity index (χ2v) is 2.78. The Balaban J connectivity index is 3.32. The summed E-state index contributed by atoms with van der Waals surface area (Å²) in [7, 11) is 3.91. The van der Waals surface area contributed by atoms with Crippen molar-refractivity contribution in [2.75, 3.05) is 27.2 Å². The molecule has 0 saturated carbocycles. The first kappa shape index (κ1) is 10.9. The lowest BCUT2D eigenvalue weighted by Crippen LogP contribution is -2.31. The number of hydroxylamine groups is 4. The van der Waals surface area contributed by atoms with Crippen molar-refractivity contribution in [3.8, 4) is 0 Å². The molecule has 0 aliphatic rings. The third-order valence-corrected chi connectivity index (χ3v) is 1.36. The summed E-state index contributed by atoms with van der Waals surface area (Å²) < 4.78 is 0. The van der Waals surface area contributed by atoms with Crippen molar-refractivity contribution in [2.24, 2.45) is 0 Å². The number of rotatable bonds is 6. The lowest BCUT2D eigenvalue weighted by molar-refractivity contribution is -0.304. The maximum Gasteiger partial charge on any atom is 0.0254 e. The largest absolute Gasteiger partial charge is 0.209 e. The van der Waals surface area contributed by atoms with Crippen LogP contribution in [0, 0.1) is 0 Å². The van der Waals surface area contributed by atoms with E-state index >= 15 is 0 Å². The van der Waals surface area contributed by atoms with Crippen molar-refractivity contribution in [3.05, 3.63) is 0 Å². The molecule has 3 heteroatoms. The first-order chi connectivity index (χ1) is 5.20. The number of nitrogens with zero attached hydrogens (tertiary/aromatic N) is 2. The van der Waals surface area contributed by atoms with Gasteiger partial charge in [0.25, 0.3) is 0 Å². The predicted octanol–water partition coefficient (Wildman–Crippen LogP) is 1.52. The zero-order valence-corrected chi connectivity index (χ0v) is 8.13. The summed E-state index contributed by atoms with van der Waals surface area (Å²) in [4.78, 5) is 5.40. The van der Waals surface area contributed by atoms with E-state index in [1.165, 1.54) is 0 Å². The SMILES string of the molecule is CCCN(C)ON(C)CCC. The molecule has 3 nitrogen and oxygen atoms in total. The molecule has 0 radical (unpaired) electrons. The fourth-order valence-corrected chi connectivity index (χ4v) is 0.949. The molecule has 0 aliphatic carbocycles. The molecular weight excluding hydrogens is 140 g/mol. The van der Waals surface area contributed by atoms with E-state index < -0.39 is 0 Å². The van der Waals surface area contributed by atoms with Gasteiger partial charge in [-0.25, -0.2) is 4.94 Å². The van der Waals surface area contributed by atoms with Crippen LogP contribution in [-0.4, -0.2) is 37.3 Å². The van der Waals surface area contributed by atoms with Crippen molar-refractivity contribution in [1.29, 1.82) is 0 Å². The number of hydrogen-bond acceptors (Lipinski definition) is 3. The Bertz CT molecular complexity index is 78.2. The van der Waals surface area contributed by atoms with Gasteiger partial charge in [0.1, 0.15) is 0 Å².